The van der Waals surface area contributed by atoms with Crippen LogP contribution in [0.2, 0.25) is 0 Å². The van der Waals surface area contributed by atoms with Gasteiger partial charge in [0.2, 0.25) is 0 Å². The van der Waals surface area contributed by atoms with E-state index in [1.54, 1.807) is 5.01 Å². The van der Waals surface area contributed by atoms with Crippen molar-refractivity contribution in [3.05, 3.63) is 12.3 Å². The van der Waals surface area contributed by atoms with E-state index < -0.39 is 5.72 Å². The molecule has 3 nitrogen and oxygen atoms in total. The predicted molar refractivity (Wildman–Crippen MR) is 37.7 cm³/mol. The highest BCUT2D eigenvalue weighted by atomic mass is 16.3. The van der Waals surface area contributed by atoms with Gasteiger partial charge in [0.15, 0.2) is 5.72 Å². The van der Waals surface area contributed by atoms with E-state index in [0.29, 0.717) is 5.92 Å². The average Bonchev–Trinajstić information content (AvgIpc) is 2.62. The SMILES string of the molecule is CN1C=CC(O)(C2CC2)N1. The van der Waals surface area contributed by atoms with Crippen molar-refractivity contribution in [2.75, 3.05) is 7.05 Å². The van der Waals surface area contributed by atoms with Crippen LogP contribution in [0.4, 0.5) is 0 Å². The molecule has 10 heavy (non-hydrogen) atoms. The zero-order chi connectivity index (χ0) is 7.19. The Morgan fingerprint density at radius 2 is 2.40 bits per heavy atom. The van der Waals surface area contributed by atoms with Gasteiger partial charge in [-0.3, -0.25) is 0 Å². The summed E-state index contributed by atoms with van der Waals surface area (Å²) >= 11 is 0. The van der Waals surface area contributed by atoms with Crippen molar-refractivity contribution in [2.24, 2.45) is 5.92 Å². The van der Waals surface area contributed by atoms with E-state index in [0.717, 1.165) is 12.8 Å². The van der Waals surface area contributed by atoms with Crippen molar-refractivity contribution in [2.45, 2.75) is 18.6 Å². The van der Waals surface area contributed by atoms with Crippen LogP contribution in [0.5, 0.6) is 0 Å². The summed E-state index contributed by atoms with van der Waals surface area (Å²) in [5.74, 6) is 0.439. The second-order valence-electron chi connectivity index (χ2n) is 3.14. The Hall–Kier alpha value is -0.540. The van der Waals surface area contributed by atoms with Gasteiger partial charge in [-0.1, -0.05) is 0 Å². The molecule has 2 N–H and O–H groups in total. The maximum atomic E-state index is 9.76. The lowest BCUT2D eigenvalue weighted by Crippen LogP contribution is -2.46. The second-order valence-corrected chi connectivity index (χ2v) is 3.14. The minimum atomic E-state index is -0.727. The molecule has 0 aromatic heterocycles. The van der Waals surface area contributed by atoms with Gasteiger partial charge in [0.1, 0.15) is 0 Å². The summed E-state index contributed by atoms with van der Waals surface area (Å²) in [6, 6.07) is 0. The first kappa shape index (κ1) is 6.19. The Labute approximate surface area is 60.3 Å². The fraction of sp³-hybridized carbons (Fsp3) is 0.714. The number of aliphatic hydroxyl groups is 1. The first-order valence-electron chi connectivity index (χ1n) is 3.63. The molecule has 56 valence electrons. The van der Waals surface area contributed by atoms with Crippen molar-refractivity contribution < 1.29 is 5.11 Å². The van der Waals surface area contributed by atoms with Crippen LogP contribution in [0.3, 0.4) is 0 Å². The van der Waals surface area contributed by atoms with E-state index in [-0.39, 0.29) is 0 Å². The number of hydrogen-bond donors (Lipinski definition) is 2. The van der Waals surface area contributed by atoms with Gasteiger partial charge in [-0.25, -0.2) is 5.43 Å². The number of hydrogen-bond acceptors (Lipinski definition) is 3. The molecule has 1 heterocycles. The highest BCUT2D eigenvalue weighted by Crippen LogP contribution is 2.40. The van der Waals surface area contributed by atoms with Crippen LogP contribution in [-0.2, 0) is 0 Å². The molecule has 0 aromatic rings. The third-order valence-electron chi connectivity index (χ3n) is 2.11. The Balaban J connectivity index is 2.09. The van der Waals surface area contributed by atoms with Crippen LogP contribution in [-0.4, -0.2) is 22.9 Å². The topological polar surface area (TPSA) is 35.5 Å². The van der Waals surface area contributed by atoms with Gasteiger partial charge in [0.25, 0.3) is 0 Å². The van der Waals surface area contributed by atoms with Gasteiger partial charge in [0, 0.05) is 19.2 Å². The Morgan fingerprint density at radius 1 is 1.70 bits per heavy atom. The van der Waals surface area contributed by atoms with E-state index in [1.165, 1.54) is 0 Å². The average molecular weight is 140 g/mol. The molecule has 1 aliphatic carbocycles. The highest BCUT2D eigenvalue weighted by Gasteiger charge is 2.44. The maximum Gasteiger partial charge on any atom is 0.156 e. The van der Waals surface area contributed by atoms with Gasteiger partial charge >= 0.3 is 0 Å². The molecule has 1 unspecified atom stereocenters. The first-order valence-corrected chi connectivity index (χ1v) is 3.63. The minimum Gasteiger partial charge on any atom is -0.370 e. The summed E-state index contributed by atoms with van der Waals surface area (Å²) in [6.45, 7) is 0. The van der Waals surface area contributed by atoms with E-state index in [1.807, 2.05) is 19.3 Å². The predicted octanol–water partition coefficient (Wildman–Crippen LogP) is 0.0487. The van der Waals surface area contributed by atoms with Gasteiger partial charge in [-0.05, 0) is 18.9 Å². The van der Waals surface area contributed by atoms with Crippen molar-refractivity contribution in [1.82, 2.24) is 10.4 Å². The van der Waals surface area contributed by atoms with Crippen molar-refractivity contribution in [1.29, 1.82) is 0 Å². The molecule has 3 heteroatoms. The molecule has 1 fully saturated rings. The molecule has 2 aliphatic rings. The number of nitrogens with one attached hydrogen (secondary N) is 1. The third-order valence-corrected chi connectivity index (χ3v) is 2.11. The van der Waals surface area contributed by atoms with Crippen LogP contribution < -0.4 is 5.43 Å². The van der Waals surface area contributed by atoms with Gasteiger partial charge < -0.3 is 10.1 Å². The molecule has 1 atom stereocenters. The van der Waals surface area contributed by atoms with Gasteiger partial charge in [0.05, 0.1) is 0 Å². The lowest BCUT2D eigenvalue weighted by molar-refractivity contribution is 0.00121. The fourth-order valence-electron chi connectivity index (χ4n) is 1.33. The smallest absolute Gasteiger partial charge is 0.156 e. The summed E-state index contributed by atoms with van der Waals surface area (Å²) in [5, 5.41) is 11.6. The van der Waals surface area contributed by atoms with Crippen LogP contribution in [0, 0.1) is 5.92 Å². The van der Waals surface area contributed by atoms with E-state index >= 15 is 0 Å². The number of rotatable bonds is 1. The molecule has 0 spiro atoms. The van der Waals surface area contributed by atoms with Gasteiger partial charge in [-0.2, -0.15) is 0 Å². The summed E-state index contributed by atoms with van der Waals surface area (Å²) in [7, 11) is 1.89. The van der Waals surface area contributed by atoms with Crippen molar-refractivity contribution >= 4 is 0 Å². The highest BCUT2D eigenvalue weighted by molar-refractivity contribution is 5.10. The summed E-state index contributed by atoms with van der Waals surface area (Å²) < 4.78 is 0. The van der Waals surface area contributed by atoms with Crippen molar-refractivity contribution in [3.63, 3.8) is 0 Å². The van der Waals surface area contributed by atoms with Crippen LogP contribution in [0.25, 0.3) is 0 Å². The monoisotopic (exact) mass is 140 g/mol. The molecule has 0 aromatic carbocycles. The van der Waals surface area contributed by atoms with Crippen LogP contribution in [0.1, 0.15) is 12.8 Å². The lowest BCUT2D eigenvalue weighted by atomic mass is 10.1. The normalized spacial score (nSPS) is 39.2. The largest absolute Gasteiger partial charge is 0.370 e. The molecule has 0 amide bonds. The Kier molecular flexibility index (Phi) is 1.08. The minimum absolute atomic E-state index is 0.439. The zero-order valence-electron chi connectivity index (χ0n) is 6.04. The molecule has 2 rings (SSSR count). The molecule has 1 aliphatic heterocycles. The quantitative estimate of drug-likeness (QED) is 0.540. The third kappa shape index (κ3) is 0.822. The van der Waals surface area contributed by atoms with Crippen LogP contribution >= 0.6 is 0 Å². The Morgan fingerprint density at radius 3 is 2.80 bits per heavy atom. The molecular formula is C7H12N2O. The molecule has 0 saturated heterocycles. The summed E-state index contributed by atoms with van der Waals surface area (Å²) in [5.41, 5.74) is 2.24. The molecular weight excluding hydrogens is 128 g/mol. The zero-order valence-corrected chi connectivity index (χ0v) is 6.04. The fourth-order valence-corrected chi connectivity index (χ4v) is 1.33. The standard InChI is InChI=1S/C7H12N2O/c1-9-5-4-7(10,8-9)6-2-3-6/h4-6,8,10H,2-3H2,1H3. The maximum absolute atomic E-state index is 9.76. The molecule has 0 radical (unpaired) electrons. The lowest BCUT2D eigenvalue weighted by Gasteiger charge is -2.23. The van der Waals surface area contributed by atoms with E-state index in [9.17, 15) is 5.11 Å². The Bertz CT molecular complexity index is 176. The van der Waals surface area contributed by atoms with Gasteiger partial charge in [-0.15, -0.1) is 0 Å². The van der Waals surface area contributed by atoms with Crippen molar-refractivity contribution in [3.8, 4) is 0 Å². The molecule has 0 bridgehead atoms. The number of nitrogens with zero attached hydrogens (tertiary/aromatic N) is 1. The van der Waals surface area contributed by atoms with E-state index in [4.69, 9.17) is 0 Å². The summed E-state index contributed by atoms with van der Waals surface area (Å²) in [4.78, 5) is 0. The first-order chi connectivity index (χ1) is 4.71. The summed E-state index contributed by atoms with van der Waals surface area (Å²) in [6.07, 6.45) is 5.96. The van der Waals surface area contributed by atoms with Crippen LogP contribution in [0.15, 0.2) is 12.3 Å². The number of hydrazine groups is 1. The molecule has 1 saturated carbocycles. The van der Waals surface area contributed by atoms with E-state index in [2.05, 4.69) is 5.43 Å². The second kappa shape index (κ2) is 1.74.